The third-order valence-electron chi connectivity index (χ3n) is 3.86. The Hall–Kier alpha value is -3.22. The number of anilines is 1. The summed E-state index contributed by atoms with van der Waals surface area (Å²) >= 11 is 0. The molecule has 3 rings (SSSR count). The fourth-order valence-electron chi connectivity index (χ4n) is 2.54. The minimum Gasteiger partial charge on any atom is -0.383 e. The molecule has 0 bridgehead atoms. The second-order valence-electron chi connectivity index (χ2n) is 5.65. The molecule has 0 fully saturated rings. The number of nitrogens with one attached hydrogen (secondary N) is 3. The van der Waals surface area contributed by atoms with Crippen LogP contribution in [0.4, 0.5) is 14.5 Å². The molecule has 0 saturated carbocycles. The molecule has 2 aromatic carbocycles. The Labute approximate surface area is 149 Å². The van der Waals surface area contributed by atoms with Gasteiger partial charge in [-0.3, -0.25) is 9.89 Å². The Morgan fingerprint density at radius 2 is 1.73 bits per heavy atom. The molecule has 5 nitrogen and oxygen atoms in total. The molecular formula is C19H18F2N4O. The number of amides is 1. The molecule has 0 aliphatic carbocycles. The maximum atomic E-state index is 13.9. The van der Waals surface area contributed by atoms with Crippen molar-refractivity contribution in [2.45, 2.75) is 6.42 Å². The third kappa shape index (κ3) is 4.05. The third-order valence-corrected chi connectivity index (χ3v) is 3.86. The van der Waals surface area contributed by atoms with E-state index in [0.717, 1.165) is 0 Å². The molecule has 0 unspecified atom stereocenters. The smallest absolute Gasteiger partial charge is 0.255 e. The predicted molar refractivity (Wildman–Crippen MR) is 95.8 cm³/mol. The van der Waals surface area contributed by atoms with Gasteiger partial charge in [0, 0.05) is 18.7 Å². The lowest BCUT2D eigenvalue weighted by atomic mass is 10.1. The number of carbonyl (C=O) groups excluding carboxylic acids is 1. The number of aromatic amines is 1. The van der Waals surface area contributed by atoms with E-state index in [1.807, 2.05) is 0 Å². The summed E-state index contributed by atoms with van der Waals surface area (Å²) in [4.78, 5) is 12.3. The number of H-pyrrole nitrogens is 1. The van der Waals surface area contributed by atoms with Gasteiger partial charge in [-0.2, -0.15) is 5.10 Å². The van der Waals surface area contributed by atoms with Crippen molar-refractivity contribution in [3.8, 4) is 11.3 Å². The quantitative estimate of drug-likeness (QED) is 0.567. The van der Waals surface area contributed by atoms with Crippen molar-refractivity contribution >= 4 is 11.6 Å². The second-order valence-corrected chi connectivity index (χ2v) is 5.65. The number of aromatic nitrogens is 2. The summed E-state index contributed by atoms with van der Waals surface area (Å²) in [6, 6.07) is 12.6. The summed E-state index contributed by atoms with van der Waals surface area (Å²) in [6.07, 6.45) is 1.97. The highest BCUT2D eigenvalue weighted by molar-refractivity contribution is 5.99. The number of halogens is 2. The Balaban J connectivity index is 1.53. The minimum absolute atomic E-state index is 0.275. The van der Waals surface area contributed by atoms with Crippen LogP contribution in [-0.2, 0) is 0 Å². The van der Waals surface area contributed by atoms with Crippen LogP contribution in [-0.4, -0.2) is 29.2 Å². The van der Waals surface area contributed by atoms with Gasteiger partial charge >= 0.3 is 0 Å². The molecule has 1 aromatic heterocycles. The van der Waals surface area contributed by atoms with E-state index in [-0.39, 0.29) is 22.9 Å². The predicted octanol–water partition coefficient (Wildman–Crippen LogP) is 3.59. The highest BCUT2D eigenvalue weighted by Gasteiger charge is 2.17. The Bertz CT molecular complexity index is 895. The summed E-state index contributed by atoms with van der Waals surface area (Å²) in [7, 11) is 0. The molecule has 0 aliphatic rings. The standard InChI is InChI=1S/C19H18F2N4O/c20-15-7-2-1-6-13(15)18-14(12-24-25-18)19(26)23-11-5-10-22-17-9-4-3-8-16(17)21/h1-4,6-9,12,22H,5,10-11H2,(H,23,26)(H,24,25). The normalized spacial score (nSPS) is 10.5. The van der Waals surface area contributed by atoms with E-state index in [1.54, 1.807) is 36.4 Å². The first-order chi connectivity index (χ1) is 12.7. The van der Waals surface area contributed by atoms with E-state index in [0.29, 0.717) is 30.9 Å². The molecule has 0 atom stereocenters. The lowest BCUT2D eigenvalue weighted by Gasteiger charge is -2.09. The van der Waals surface area contributed by atoms with Crippen LogP contribution in [0.5, 0.6) is 0 Å². The zero-order valence-corrected chi connectivity index (χ0v) is 13.9. The van der Waals surface area contributed by atoms with E-state index < -0.39 is 5.82 Å². The van der Waals surface area contributed by atoms with Crippen LogP contribution < -0.4 is 10.6 Å². The van der Waals surface area contributed by atoms with Crippen molar-refractivity contribution in [2.75, 3.05) is 18.4 Å². The van der Waals surface area contributed by atoms with E-state index in [2.05, 4.69) is 20.8 Å². The van der Waals surface area contributed by atoms with Gasteiger partial charge in [-0.25, -0.2) is 8.78 Å². The minimum atomic E-state index is -0.431. The first-order valence-electron chi connectivity index (χ1n) is 8.21. The van der Waals surface area contributed by atoms with Crippen molar-refractivity contribution in [3.63, 3.8) is 0 Å². The molecule has 0 aliphatic heterocycles. The zero-order valence-electron chi connectivity index (χ0n) is 13.9. The summed E-state index contributed by atoms with van der Waals surface area (Å²) in [5.41, 5.74) is 1.33. The van der Waals surface area contributed by atoms with Gasteiger partial charge in [-0.1, -0.05) is 24.3 Å². The number of para-hydroxylation sites is 1. The summed E-state index contributed by atoms with van der Waals surface area (Å²) < 4.78 is 27.4. The molecule has 1 amide bonds. The molecule has 0 spiro atoms. The van der Waals surface area contributed by atoms with Gasteiger partial charge in [0.2, 0.25) is 0 Å². The van der Waals surface area contributed by atoms with Crippen LogP contribution in [0.25, 0.3) is 11.3 Å². The fraction of sp³-hybridized carbons (Fsp3) is 0.158. The van der Waals surface area contributed by atoms with Gasteiger partial charge in [-0.15, -0.1) is 0 Å². The first-order valence-corrected chi connectivity index (χ1v) is 8.21. The highest BCUT2D eigenvalue weighted by Crippen LogP contribution is 2.23. The van der Waals surface area contributed by atoms with E-state index in [1.165, 1.54) is 18.3 Å². The van der Waals surface area contributed by atoms with Crippen LogP contribution in [0.2, 0.25) is 0 Å². The van der Waals surface area contributed by atoms with Gasteiger partial charge in [0.05, 0.1) is 23.1 Å². The van der Waals surface area contributed by atoms with Crippen LogP contribution in [0.15, 0.2) is 54.7 Å². The van der Waals surface area contributed by atoms with Crippen molar-refractivity contribution in [3.05, 3.63) is 71.9 Å². The van der Waals surface area contributed by atoms with Gasteiger partial charge in [-0.05, 0) is 30.7 Å². The van der Waals surface area contributed by atoms with Crippen LogP contribution >= 0.6 is 0 Å². The molecule has 3 aromatic rings. The molecule has 0 saturated heterocycles. The summed E-state index contributed by atoms with van der Waals surface area (Å²) in [6.45, 7) is 0.898. The molecule has 26 heavy (non-hydrogen) atoms. The van der Waals surface area contributed by atoms with E-state index in [9.17, 15) is 13.6 Å². The number of hydrogen-bond acceptors (Lipinski definition) is 3. The summed E-state index contributed by atoms with van der Waals surface area (Å²) in [5, 5.41) is 12.2. The molecule has 7 heteroatoms. The van der Waals surface area contributed by atoms with Crippen LogP contribution in [0, 0.1) is 11.6 Å². The monoisotopic (exact) mass is 356 g/mol. The van der Waals surface area contributed by atoms with Crippen LogP contribution in [0.3, 0.4) is 0 Å². The van der Waals surface area contributed by atoms with Gasteiger partial charge in [0.15, 0.2) is 0 Å². The van der Waals surface area contributed by atoms with Gasteiger partial charge < -0.3 is 10.6 Å². The maximum absolute atomic E-state index is 13.9. The molecule has 3 N–H and O–H groups in total. The summed E-state index contributed by atoms with van der Waals surface area (Å²) in [5.74, 6) is -1.09. The van der Waals surface area contributed by atoms with Crippen molar-refractivity contribution in [1.82, 2.24) is 15.5 Å². The molecule has 0 radical (unpaired) electrons. The van der Waals surface area contributed by atoms with Gasteiger partial charge in [0.1, 0.15) is 11.6 Å². The number of carbonyl (C=O) groups is 1. The fourth-order valence-corrected chi connectivity index (χ4v) is 2.54. The highest BCUT2D eigenvalue weighted by atomic mass is 19.1. The second kappa shape index (κ2) is 8.24. The molecule has 1 heterocycles. The van der Waals surface area contributed by atoms with Crippen molar-refractivity contribution < 1.29 is 13.6 Å². The van der Waals surface area contributed by atoms with Crippen LogP contribution in [0.1, 0.15) is 16.8 Å². The number of nitrogens with zero attached hydrogens (tertiary/aromatic N) is 1. The Morgan fingerprint density at radius 1 is 1.00 bits per heavy atom. The lowest BCUT2D eigenvalue weighted by molar-refractivity contribution is 0.0954. The SMILES string of the molecule is O=C(NCCCNc1ccccc1F)c1cn[nH]c1-c1ccccc1F. The molecular weight excluding hydrogens is 338 g/mol. The average Bonchev–Trinajstić information content (AvgIpc) is 3.13. The Morgan fingerprint density at radius 3 is 2.50 bits per heavy atom. The first kappa shape index (κ1) is 17.6. The molecule has 134 valence electrons. The van der Waals surface area contributed by atoms with E-state index >= 15 is 0 Å². The van der Waals surface area contributed by atoms with Crippen molar-refractivity contribution in [1.29, 1.82) is 0 Å². The maximum Gasteiger partial charge on any atom is 0.255 e. The largest absolute Gasteiger partial charge is 0.383 e. The number of rotatable bonds is 7. The Kier molecular flexibility index (Phi) is 5.58. The van der Waals surface area contributed by atoms with Gasteiger partial charge in [0.25, 0.3) is 5.91 Å². The zero-order chi connectivity index (χ0) is 18.4. The van der Waals surface area contributed by atoms with E-state index in [4.69, 9.17) is 0 Å². The number of hydrogen-bond donors (Lipinski definition) is 3. The topological polar surface area (TPSA) is 69.8 Å². The average molecular weight is 356 g/mol. The number of benzene rings is 2. The lowest BCUT2D eigenvalue weighted by Crippen LogP contribution is -2.26. The van der Waals surface area contributed by atoms with Crippen molar-refractivity contribution in [2.24, 2.45) is 0 Å².